The van der Waals surface area contributed by atoms with Gasteiger partial charge in [-0.15, -0.1) is 0 Å². The van der Waals surface area contributed by atoms with Crippen LogP contribution in [0.4, 0.5) is 5.69 Å². The summed E-state index contributed by atoms with van der Waals surface area (Å²) in [5.41, 5.74) is 2.40. The average molecular weight is 354 g/mol. The van der Waals surface area contributed by atoms with Crippen LogP contribution in [0.1, 0.15) is 18.7 Å². The lowest BCUT2D eigenvalue weighted by Gasteiger charge is -2.33. The fourth-order valence-corrected chi connectivity index (χ4v) is 4.51. The molecule has 0 amide bonds. The summed E-state index contributed by atoms with van der Waals surface area (Å²) in [4.78, 5) is 11.1. The first-order chi connectivity index (χ1) is 12.1. The van der Waals surface area contributed by atoms with E-state index in [2.05, 4.69) is 49.9 Å². The molecule has 1 fully saturated rings. The lowest BCUT2D eigenvalue weighted by atomic mass is 10.1. The van der Waals surface area contributed by atoms with Crippen LogP contribution in [-0.2, 0) is 10.8 Å². The van der Waals surface area contributed by atoms with Crippen molar-refractivity contribution in [2.75, 3.05) is 24.2 Å². The topological polar surface area (TPSA) is 51.0 Å². The molecule has 1 atom stereocenters. The molecule has 1 aromatic carbocycles. The minimum absolute atomic E-state index is 0.337. The molecule has 1 saturated heterocycles. The van der Waals surface area contributed by atoms with Gasteiger partial charge >= 0.3 is 0 Å². The summed E-state index contributed by atoms with van der Waals surface area (Å²) in [6.07, 6.45) is 7.67. The molecular formula is C19H22N4OS. The van der Waals surface area contributed by atoms with Gasteiger partial charge in [0.1, 0.15) is 11.6 Å². The molecule has 1 aliphatic rings. The Labute approximate surface area is 150 Å². The van der Waals surface area contributed by atoms with Gasteiger partial charge in [0.05, 0.1) is 5.52 Å². The highest BCUT2D eigenvalue weighted by atomic mass is 32.2. The number of aryl methyl sites for hydroxylation is 1. The zero-order valence-corrected chi connectivity index (χ0v) is 15.4. The average Bonchev–Trinajstić information content (AvgIpc) is 3.06. The largest absolute Gasteiger partial charge is 0.371 e. The van der Waals surface area contributed by atoms with Gasteiger partial charge in [0, 0.05) is 58.9 Å². The van der Waals surface area contributed by atoms with E-state index in [-0.39, 0.29) is 0 Å². The molecule has 0 saturated carbocycles. The zero-order chi connectivity index (χ0) is 17.4. The van der Waals surface area contributed by atoms with Gasteiger partial charge in [0.2, 0.25) is 0 Å². The maximum Gasteiger partial charge on any atom is 0.140 e. The number of nitrogens with zero attached hydrogens (tertiary/aromatic N) is 4. The zero-order valence-electron chi connectivity index (χ0n) is 14.6. The van der Waals surface area contributed by atoms with E-state index in [0.717, 1.165) is 43.1 Å². The Balaban J connectivity index is 1.69. The third-order valence-corrected chi connectivity index (χ3v) is 6.38. The molecular weight excluding hydrogens is 332 g/mol. The molecule has 0 spiro atoms. The number of hydrogen-bond donors (Lipinski definition) is 0. The first-order valence-electron chi connectivity index (χ1n) is 8.61. The minimum Gasteiger partial charge on any atom is -0.371 e. The Morgan fingerprint density at radius 3 is 2.68 bits per heavy atom. The molecule has 3 aromatic rings. The SMILES string of the molecule is Cc1nccc(-n2ccc3c(N4CCC(S(C)=O)CC4)cccc32)n1. The van der Waals surface area contributed by atoms with E-state index in [0.29, 0.717) is 5.25 Å². The third-order valence-electron chi connectivity index (χ3n) is 4.97. The Morgan fingerprint density at radius 2 is 1.96 bits per heavy atom. The first-order valence-corrected chi connectivity index (χ1v) is 10.2. The molecule has 5 nitrogen and oxygen atoms in total. The molecule has 0 aliphatic carbocycles. The highest BCUT2D eigenvalue weighted by molar-refractivity contribution is 7.84. The fourth-order valence-electron chi connectivity index (χ4n) is 3.63. The Kier molecular flexibility index (Phi) is 4.29. The van der Waals surface area contributed by atoms with E-state index in [1.807, 2.05) is 19.2 Å². The minimum atomic E-state index is -0.719. The normalized spacial score (nSPS) is 17.1. The van der Waals surface area contributed by atoms with Gasteiger partial charge in [-0.3, -0.25) is 4.21 Å². The molecule has 4 rings (SSSR count). The van der Waals surface area contributed by atoms with Crippen LogP contribution in [0.2, 0.25) is 0 Å². The fraction of sp³-hybridized carbons (Fsp3) is 0.368. The molecule has 3 heterocycles. The van der Waals surface area contributed by atoms with Crippen LogP contribution in [-0.4, -0.2) is 43.3 Å². The number of aromatic nitrogens is 3. The molecule has 0 radical (unpaired) electrons. The number of fused-ring (bicyclic) bond motifs is 1. The number of rotatable bonds is 3. The first kappa shape index (κ1) is 16.3. The summed E-state index contributed by atoms with van der Waals surface area (Å²) < 4.78 is 13.8. The van der Waals surface area contributed by atoms with Crippen molar-refractivity contribution in [3.63, 3.8) is 0 Å². The van der Waals surface area contributed by atoms with Gasteiger partial charge in [-0.05, 0) is 44.0 Å². The Hall–Kier alpha value is -2.21. The number of benzene rings is 1. The van der Waals surface area contributed by atoms with Gasteiger partial charge in [-0.1, -0.05) is 6.07 Å². The Morgan fingerprint density at radius 1 is 1.16 bits per heavy atom. The number of hydrogen-bond acceptors (Lipinski definition) is 4. The molecule has 0 bridgehead atoms. The van der Waals surface area contributed by atoms with Crippen molar-refractivity contribution < 1.29 is 4.21 Å². The van der Waals surface area contributed by atoms with E-state index in [4.69, 9.17) is 0 Å². The Bertz CT molecular complexity index is 928. The summed E-state index contributed by atoms with van der Waals surface area (Å²) in [6, 6.07) is 10.5. The molecule has 130 valence electrons. The van der Waals surface area contributed by atoms with Crippen LogP contribution in [0, 0.1) is 6.92 Å². The summed E-state index contributed by atoms with van der Waals surface area (Å²) in [6.45, 7) is 3.82. The molecule has 6 heteroatoms. The highest BCUT2D eigenvalue weighted by Gasteiger charge is 2.23. The van der Waals surface area contributed by atoms with Crippen molar-refractivity contribution in [3.05, 3.63) is 48.5 Å². The molecule has 25 heavy (non-hydrogen) atoms. The van der Waals surface area contributed by atoms with Crippen molar-refractivity contribution in [2.45, 2.75) is 25.0 Å². The van der Waals surface area contributed by atoms with Crippen LogP contribution in [0.15, 0.2) is 42.7 Å². The number of anilines is 1. The summed E-state index contributed by atoms with van der Waals surface area (Å²) in [5.74, 6) is 1.66. The van der Waals surface area contributed by atoms with Crippen molar-refractivity contribution in [1.82, 2.24) is 14.5 Å². The summed E-state index contributed by atoms with van der Waals surface area (Å²) in [7, 11) is -0.719. The predicted octanol–water partition coefficient (Wildman–Crippen LogP) is 3.08. The van der Waals surface area contributed by atoms with E-state index in [1.165, 1.54) is 11.1 Å². The van der Waals surface area contributed by atoms with Gasteiger partial charge in [-0.2, -0.15) is 0 Å². The molecule has 0 N–H and O–H groups in total. The number of piperidine rings is 1. The van der Waals surface area contributed by atoms with Crippen molar-refractivity contribution in [3.8, 4) is 5.82 Å². The van der Waals surface area contributed by atoms with Crippen molar-refractivity contribution in [2.24, 2.45) is 0 Å². The van der Waals surface area contributed by atoms with Gasteiger partial charge in [0.25, 0.3) is 0 Å². The lowest BCUT2D eigenvalue weighted by Crippen LogP contribution is -2.37. The van der Waals surface area contributed by atoms with Crippen LogP contribution in [0.3, 0.4) is 0 Å². The molecule has 1 aliphatic heterocycles. The van der Waals surface area contributed by atoms with Crippen molar-refractivity contribution in [1.29, 1.82) is 0 Å². The standard InChI is InChI=1S/C19H22N4OS/c1-14-20-10-6-19(21-14)23-13-9-16-17(4-3-5-18(16)23)22-11-7-15(8-12-22)25(2)24/h3-6,9-10,13,15H,7-8,11-12H2,1-2H3. The second-order valence-electron chi connectivity index (χ2n) is 6.54. The second kappa shape index (κ2) is 6.59. The lowest BCUT2D eigenvalue weighted by molar-refractivity contribution is 0.573. The quantitative estimate of drug-likeness (QED) is 0.725. The van der Waals surface area contributed by atoms with E-state index in [1.54, 1.807) is 6.20 Å². The van der Waals surface area contributed by atoms with E-state index < -0.39 is 10.8 Å². The third kappa shape index (κ3) is 3.06. The van der Waals surface area contributed by atoms with Gasteiger partial charge in [0.15, 0.2) is 0 Å². The van der Waals surface area contributed by atoms with Gasteiger partial charge in [-0.25, -0.2) is 9.97 Å². The smallest absolute Gasteiger partial charge is 0.140 e. The van der Waals surface area contributed by atoms with Crippen LogP contribution < -0.4 is 4.90 Å². The summed E-state index contributed by atoms with van der Waals surface area (Å²) >= 11 is 0. The van der Waals surface area contributed by atoms with Crippen molar-refractivity contribution >= 4 is 27.4 Å². The van der Waals surface area contributed by atoms with Crippen LogP contribution >= 0.6 is 0 Å². The summed E-state index contributed by atoms with van der Waals surface area (Å²) in [5, 5.41) is 1.57. The monoisotopic (exact) mass is 354 g/mol. The predicted molar refractivity (Wildman–Crippen MR) is 103 cm³/mol. The van der Waals surface area contributed by atoms with E-state index >= 15 is 0 Å². The van der Waals surface area contributed by atoms with Crippen LogP contribution in [0.25, 0.3) is 16.7 Å². The maximum atomic E-state index is 11.7. The second-order valence-corrected chi connectivity index (χ2v) is 8.21. The highest BCUT2D eigenvalue weighted by Crippen LogP contribution is 2.31. The molecule has 1 unspecified atom stereocenters. The van der Waals surface area contributed by atoms with Crippen LogP contribution in [0.5, 0.6) is 0 Å². The van der Waals surface area contributed by atoms with E-state index in [9.17, 15) is 4.21 Å². The van der Waals surface area contributed by atoms with Gasteiger partial charge < -0.3 is 9.47 Å². The molecule has 2 aromatic heterocycles. The maximum absolute atomic E-state index is 11.7.